The second kappa shape index (κ2) is 7.54. The van der Waals surface area contributed by atoms with E-state index in [1.165, 1.54) is 16.7 Å². The first-order valence-corrected chi connectivity index (χ1v) is 9.54. The third-order valence-corrected chi connectivity index (χ3v) is 5.21. The lowest BCUT2D eigenvalue weighted by Crippen LogP contribution is -2.13. The average Bonchev–Trinajstić information content (AvgIpc) is 3.41. The number of thiophene rings is 1. The normalized spacial score (nSPS) is 12.1. The summed E-state index contributed by atoms with van der Waals surface area (Å²) in [6.07, 6.45) is 1.61. The van der Waals surface area contributed by atoms with E-state index >= 15 is 0 Å². The summed E-state index contributed by atoms with van der Waals surface area (Å²) in [5, 5.41) is 5.41. The first kappa shape index (κ1) is 17.8. The van der Waals surface area contributed by atoms with Gasteiger partial charge >= 0.3 is 0 Å². The van der Waals surface area contributed by atoms with Gasteiger partial charge in [-0.15, -0.1) is 11.3 Å². The van der Waals surface area contributed by atoms with Crippen molar-refractivity contribution >= 4 is 33.7 Å². The maximum atomic E-state index is 10.8. The maximum Gasteiger partial charge on any atom is 0.298 e. The van der Waals surface area contributed by atoms with Gasteiger partial charge in [-0.1, -0.05) is 60.7 Å². The molecule has 5 rings (SSSR count). The maximum absolute atomic E-state index is 10.8. The van der Waals surface area contributed by atoms with Crippen molar-refractivity contribution in [2.75, 3.05) is 11.1 Å². The molecule has 1 amide bonds. The number of fused-ring (bicyclic) bond motifs is 1. The predicted octanol–water partition coefficient (Wildman–Crippen LogP) is 4.81. The summed E-state index contributed by atoms with van der Waals surface area (Å²) >= 11 is 1.60. The van der Waals surface area contributed by atoms with Crippen LogP contribution >= 0.6 is 11.3 Å². The molecule has 0 unspecified atom stereocenters. The molecule has 1 aliphatic heterocycles. The Morgan fingerprint density at radius 3 is 2.11 bits per heavy atom. The van der Waals surface area contributed by atoms with Crippen LogP contribution in [0, 0.1) is 0 Å². The Balaban J connectivity index is 0.000000162. The summed E-state index contributed by atoms with van der Waals surface area (Å²) in [5.74, 6) is -1.04. The highest BCUT2D eigenvalue weighted by Crippen LogP contribution is 2.40. The second-order valence-corrected chi connectivity index (χ2v) is 7.08. The number of nitrogen functional groups attached to an aromatic ring is 1. The minimum absolute atomic E-state index is 0.366. The van der Waals surface area contributed by atoms with Crippen molar-refractivity contribution in [2.45, 2.75) is 0 Å². The summed E-state index contributed by atoms with van der Waals surface area (Å²) in [4.78, 5) is 24.1. The van der Waals surface area contributed by atoms with E-state index in [1.54, 1.807) is 23.6 Å². The summed E-state index contributed by atoms with van der Waals surface area (Å²) in [7, 11) is 0. The number of aromatic amines is 1. The number of carbonyl (C=O) groups excluding carboxylic acids is 2. The smallest absolute Gasteiger partial charge is 0.298 e. The van der Waals surface area contributed by atoms with E-state index in [0.29, 0.717) is 11.4 Å². The molecule has 3 heterocycles. The molecule has 138 valence electrons. The van der Waals surface area contributed by atoms with Crippen molar-refractivity contribution in [1.82, 2.24) is 4.98 Å². The molecule has 0 atom stereocenters. The molecule has 28 heavy (non-hydrogen) atoms. The number of carbonyl (C=O) groups is 2. The molecule has 0 bridgehead atoms. The fourth-order valence-electron chi connectivity index (χ4n) is 3.06. The Kier molecular flexibility index (Phi) is 4.78. The summed E-state index contributed by atoms with van der Waals surface area (Å²) in [6, 6.07) is 22.3. The SMILES string of the molecule is Nc1scc(-c2ccccc2)c1-c1ccccc1.O=C1Nc2cc[nH]c2C1=O. The molecule has 0 aliphatic carbocycles. The number of Topliss-reactive ketones (excluding diaryl/α,β-unsaturated/α-hetero) is 1. The van der Waals surface area contributed by atoms with Crippen LogP contribution in [0.1, 0.15) is 10.5 Å². The zero-order valence-electron chi connectivity index (χ0n) is 14.8. The number of hydrogen-bond donors (Lipinski definition) is 3. The van der Waals surface area contributed by atoms with Gasteiger partial charge in [0.25, 0.3) is 11.7 Å². The summed E-state index contributed by atoms with van der Waals surface area (Å²) in [6.45, 7) is 0. The molecule has 5 nitrogen and oxygen atoms in total. The van der Waals surface area contributed by atoms with Crippen LogP contribution in [0.25, 0.3) is 22.3 Å². The molecule has 4 aromatic rings. The van der Waals surface area contributed by atoms with Gasteiger partial charge in [-0.3, -0.25) is 9.59 Å². The quantitative estimate of drug-likeness (QED) is 0.431. The predicted molar refractivity (Wildman–Crippen MR) is 113 cm³/mol. The standard InChI is InChI=1S/C16H13NS.C6H4N2O2/c17-16-15(13-9-5-2-6-10-13)14(11-18-16)12-7-3-1-4-8-12;9-5-4-3(1-2-7-4)8-6(5)10/h1-11H,17H2;1-2,7H,(H,8,9,10). The minimum Gasteiger partial charge on any atom is -0.390 e. The lowest BCUT2D eigenvalue weighted by atomic mass is 9.98. The number of nitrogens with two attached hydrogens (primary N) is 1. The molecule has 6 heteroatoms. The van der Waals surface area contributed by atoms with Gasteiger partial charge in [-0.25, -0.2) is 0 Å². The molecular formula is C22H17N3O2S. The largest absolute Gasteiger partial charge is 0.390 e. The van der Waals surface area contributed by atoms with Gasteiger partial charge in [0.1, 0.15) is 5.69 Å². The molecule has 0 radical (unpaired) electrons. The van der Waals surface area contributed by atoms with Gasteiger partial charge in [-0.2, -0.15) is 0 Å². The van der Waals surface area contributed by atoms with Crippen LogP contribution in [-0.2, 0) is 4.79 Å². The van der Waals surface area contributed by atoms with E-state index in [2.05, 4.69) is 52.1 Å². The number of benzene rings is 2. The van der Waals surface area contributed by atoms with Crippen molar-refractivity contribution in [3.05, 3.63) is 84.0 Å². The number of amides is 1. The lowest BCUT2D eigenvalue weighted by molar-refractivity contribution is -0.112. The molecule has 0 fully saturated rings. The van der Waals surface area contributed by atoms with Crippen LogP contribution in [-0.4, -0.2) is 16.7 Å². The van der Waals surface area contributed by atoms with E-state index in [-0.39, 0.29) is 0 Å². The van der Waals surface area contributed by atoms with E-state index in [4.69, 9.17) is 5.73 Å². The fraction of sp³-hybridized carbons (Fsp3) is 0. The highest BCUT2D eigenvalue weighted by Gasteiger charge is 2.28. The zero-order chi connectivity index (χ0) is 19.5. The number of aromatic nitrogens is 1. The van der Waals surface area contributed by atoms with Crippen LogP contribution in [0.15, 0.2) is 78.3 Å². The molecule has 2 aromatic carbocycles. The molecule has 0 spiro atoms. The second-order valence-electron chi connectivity index (χ2n) is 6.17. The van der Waals surface area contributed by atoms with E-state index < -0.39 is 11.7 Å². The third kappa shape index (κ3) is 3.33. The topological polar surface area (TPSA) is 88.0 Å². The summed E-state index contributed by atoms with van der Waals surface area (Å²) < 4.78 is 0. The van der Waals surface area contributed by atoms with Crippen molar-refractivity contribution in [3.63, 3.8) is 0 Å². The molecule has 4 N–H and O–H groups in total. The lowest BCUT2D eigenvalue weighted by Gasteiger charge is -2.06. The molecule has 0 saturated carbocycles. The number of ketones is 1. The summed E-state index contributed by atoms with van der Waals surface area (Å²) in [5.41, 5.74) is 11.8. The molecule has 1 aliphatic rings. The molecular weight excluding hydrogens is 370 g/mol. The van der Waals surface area contributed by atoms with Crippen molar-refractivity contribution < 1.29 is 9.59 Å². The first-order chi connectivity index (χ1) is 13.6. The van der Waals surface area contributed by atoms with Crippen molar-refractivity contribution in [2.24, 2.45) is 0 Å². The third-order valence-electron chi connectivity index (χ3n) is 4.40. The Bertz CT molecular complexity index is 1130. The number of anilines is 2. The van der Waals surface area contributed by atoms with Gasteiger partial charge in [0.15, 0.2) is 0 Å². The van der Waals surface area contributed by atoms with Gasteiger partial charge in [0, 0.05) is 22.7 Å². The minimum atomic E-state index is -0.554. The number of hydrogen-bond acceptors (Lipinski definition) is 4. The number of rotatable bonds is 2. The number of H-pyrrole nitrogens is 1. The fourth-order valence-corrected chi connectivity index (χ4v) is 3.90. The van der Waals surface area contributed by atoms with Crippen molar-refractivity contribution in [3.8, 4) is 22.3 Å². The van der Waals surface area contributed by atoms with Gasteiger partial charge in [0.05, 0.1) is 10.7 Å². The monoisotopic (exact) mass is 387 g/mol. The Morgan fingerprint density at radius 1 is 0.821 bits per heavy atom. The zero-order valence-corrected chi connectivity index (χ0v) is 15.6. The van der Waals surface area contributed by atoms with Crippen LogP contribution in [0.3, 0.4) is 0 Å². The van der Waals surface area contributed by atoms with Crippen molar-refractivity contribution in [1.29, 1.82) is 0 Å². The van der Waals surface area contributed by atoms with Gasteiger partial charge in [-0.05, 0) is 17.2 Å². The molecule has 2 aromatic heterocycles. The highest BCUT2D eigenvalue weighted by atomic mass is 32.1. The average molecular weight is 387 g/mol. The van der Waals surface area contributed by atoms with Gasteiger partial charge < -0.3 is 16.0 Å². The van der Waals surface area contributed by atoms with E-state index in [0.717, 1.165) is 10.6 Å². The van der Waals surface area contributed by atoms with E-state index in [9.17, 15) is 9.59 Å². The van der Waals surface area contributed by atoms with Crippen LogP contribution in [0.2, 0.25) is 0 Å². The van der Waals surface area contributed by atoms with Crippen LogP contribution in [0.4, 0.5) is 10.7 Å². The van der Waals surface area contributed by atoms with E-state index in [1.807, 2.05) is 24.3 Å². The first-order valence-electron chi connectivity index (χ1n) is 8.66. The van der Waals surface area contributed by atoms with Gasteiger partial charge in [0.2, 0.25) is 0 Å². The Morgan fingerprint density at radius 2 is 1.46 bits per heavy atom. The molecule has 0 saturated heterocycles. The Hall–Kier alpha value is -3.64. The highest BCUT2D eigenvalue weighted by molar-refractivity contribution is 7.15. The Labute approximate surface area is 165 Å². The van der Waals surface area contributed by atoms with Crippen LogP contribution < -0.4 is 11.1 Å². The van der Waals surface area contributed by atoms with Crippen LogP contribution in [0.5, 0.6) is 0 Å². The number of nitrogens with one attached hydrogen (secondary N) is 2.